The number of nitriles is 1. The number of nitrogens with two attached hydrogens (primary N) is 1. The molecule has 0 amide bonds. The van der Waals surface area contributed by atoms with Gasteiger partial charge in [0.2, 0.25) is 0 Å². The van der Waals surface area contributed by atoms with Crippen LogP contribution in [0.3, 0.4) is 0 Å². The third-order valence-corrected chi connectivity index (χ3v) is 2.82. The molecular weight excluding hydrogens is 252 g/mol. The molecule has 3 aromatic rings. The molecule has 20 heavy (non-hydrogen) atoms. The van der Waals surface area contributed by atoms with Gasteiger partial charge >= 0.3 is 0 Å². The fourth-order valence-electron chi connectivity index (χ4n) is 1.85. The lowest BCUT2D eigenvalue weighted by molar-refractivity contribution is 1.15. The molecule has 0 atom stereocenters. The Bertz CT molecular complexity index is 804. The SMILES string of the molecule is N#Cc1cnc(Nc2cc3cccc(N)c3cn2)cn1. The average Bonchev–Trinajstić information content (AvgIpc) is 2.48. The molecule has 3 N–H and O–H groups in total. The third kappa shape index (κ3) is 2.20. The molecule has 0 saturated carbocycles. The first-order chi connectivity index (χ1) is 9.76. The van der Waals surface area contributed by atoms with Crippen LogP contribution in [0, 0.1) is 11.3 Å². The Balaban J connectivity index is 1.92. The maximum atomic E-state index is 8.67. The topological polar surface area (TPSA) is 101 Å². The van der Waals surface area contributed by atoms with Gasteiger partial charge in [-0.3, -0.25) is 0 Å². The first-order valence-electron chi connectivity index (χ1n) is 5.90. The van der Waals surface area contributed by atoms with Crippen LogP contribution >= 0.6 is 0 Å². The van der Waals surface area contributed by atoms with Gasteiger partial charge in [-0.1, -0.05) is 12.1 Å². The van der Waals surface area contributed by atoms with Crippen molar-refractivity contribution in [3.8, 4) is 6.07 Å². The Hall–Kier alpha value is -3.20. The summed E-state index contributed by atoms with van der Waals surface area (Å²) in [4.78, 5) is 12.3. The van der Waals surface area contributed by atoms with E-state index in [2.05, 4.69) is 20.3 Å². The Morgan fingerprint density at radius 3 is 2.65 bits per heavy atom. The molecule has 0 bridgehead atoms. The highest BCUT2D eigenvalue weighted by Crippen LogP contribution is 2.23. The quantitative estimate of drug-likeness (QED) is 0.687. The van der Waals surface area contributed by atoms with Crippen molar-refractivity contribution in [2.75, 3.05) is 11.1 Å². The van der Waals surface area contributed by atoms with Crippen molar-refractivity contribution in [1.82, 2.24) is 15.0 Å². The van der Waals surface area contributed by atoms with Crippen LogP contribution in [0.5, 0.6) is 0 Å². The molecule has 96 valence electrons. The van der Waals surface area contributed by atoms with Crippen molar-refractivity contribution in [2.24, 2.45) is 0 Å². The number of benzene rings is 1. The molecule has 0 aliphatic carbocycles. The van der Waals surface area contributed by atoms with E-state index in [4.69, 9.17) is 11.0 Å². The van der Waals surface area contributed by atoms with Crippen molar-refractivity contribution in [1.29, 1.82) is 5.26 Å². The largest absolute Gasteiger partial charge is 0.398 e. The molecule has 2 heterocycles. The van der Waals surface area contributed by atoms with Crippen molar-refractivity contribution in [3.63, 3.8) is 0 Å². The number of anilines is 3. The van der Waals surface area contributed by atoms with Crippen LogP contribution in [0.25, 0.3) is 10.8 Å². The molecule has 0 fully saturated rings. The lowest BCUT2D eigenvalue weighted by Gasteiger charge is -2.06. The summed E-state index contributed by atoms with van der Waals surface area (Å²) < 4.78 is 0. The van der Waals surface area contributed by atoms with Gasteiger partial charge in [0.15, 0.2) is 5.69 Å². The summed E-state index contributed by atoms with van der Waals surface area (Å²) in [5.74, 6) is 1.17. The van der Waals surface area contributed by atoms with Crippen LogP contribution in [-0.2, 0) is 0 Å². The highest BCUT2D eigenvalue weighted by Gasteiger charge is 2.02. The molecule has 6 heteroatoms. The second-order valence-corrected chi connectivity index (χ2v) is 4.16. The smallest absolute Gasteiger partial charge is 0.158 e. The molecular formula is C14H10N6. The number of nitrogens with zero attached hydrogens (tertiary/aromatic N) is 4. The third-order valence-electron chi connectivity index (χ3n) is 2.82. The standard InChI is InChI=1S/C14H10N6/c15-5-10-6-18-14(8-17-10)20-13-4-9-2-1-3-12(16)11(9)7-19-13/h1-4,6-8H,16H2,(H,18,19,20). The minimum atomic E-state index is 0.273. The molecule has 2 aromatic heterocycles. The van der Waals surface area contributed by atoms with Crippen molar-refractivity contribution in [3.05, 3.63) is 48.5 Å². The molecule has 6 nitrogen and oxygen atoms in total. The number of hydrogen-bond donors (Lipinski definition) is 2. The van der Waals surface area contributed by atoms with Gasteiger partial charge in [-0.15, -0.1) is 0 Å². The summed E-state index contributed by atoms with van der Waals surface area (Å²) in [6.07, 6.45) is 4.61. The molecule has 0 saturated heterocycles. The first-order valence-corrected chi connectivity index (χ1v) is 5.90. The van der Waals surface area contributed by atoms with E-state index in [1.54, 1.807) is 6.20 Å². The molecule has 0 aliphatic heterocycles. The molecule has 3 rings (SSSR count). The normalized spacial score (nSPS) is 10.2. The number of nitrogen functional groups attached to an aromatic ring is 1. The van der Waals surface area contributed by atoms with Crippen LogP contribution in [-0.4, -0.2) is 15.0 Å². The number of fused-ring (bicyclic) bond motifs is 1. The number of nitrogens with one attached hydrogen (secondary N) is 1. The van der Waals surface area contributed by atoms with Crippen LogP contribution in [0.2, 0.25) is 0 Å². The van der Waals surface area contributed by atoms with E-state index in [1.807, 2.05) is 30.3 Å². The van der Waals surface area contributed by atoms with Crippen molar-refractivity contribution < 1.29 is 0 Å². The molecule has 0 spiro atoms. The van der Waals surface area contributed by atoms with Gasteiger partial charge in [0.1, 0.15) is 17.7 Å². The number of hydrogen-bond acceptors (Lipinski definition) is 6. The summed E-state index contributed by atoms with van der Waals surface area (Å²) in [6, 6.07) is 9.49. The van der Waals surface area contributed by atoms with Gasteiger partial charge in [0.25, 0.3) is 0 Å². The maximum Gasteiger partial charge on any atom is 0.158 e. The van der Waals surface area contributed by atoms with Gasteiger partial charge in [0, 0.05) is 17.3 Å². The van der Waals surface area contributed by atoms with E-state index in [1.165, 1.54) is 12.4 Å². The van der Waals surface area contributed by atoms with E-state index in [-0.39, 0.29) is 5.69 Å². The lowest BCUT2D eigenvalue weighted by atomic mass is 10.1. The van der Waals surface area contributed by atoms with Crippen molar-refractivity contribution in [2.45, 2.75) is 0 Å². The summed E-state index contributed by atoms with van der Waals surface area (Å²) in [6.45, 7) is 0. The van der Waals surface area contributed by atoms with Gasteiger partial charge in [-0.25, -0.2) is 15.0 Å². The predicted octanol–water partition coefficient (Wildman–Crippen LogP) is 2.22. The molecule has 0 aliphatic rings. The van der Waals surface area contributed by atoms with Crippen LogP contribution < -0.4 is 11.1 Å². The number of pyridine rings is 1. The Labute approximate surface area is 114 Å². The van der Waals surface area contributed by atoms with E-state index < -0.39 is 0 Å². The Morgan fingerprint density at radius 2 is 1.90 bits per heavy atom. The second kappa shape index (κ2) is 4.82. The summed E-state index contributed by atoms with van der Waals surface area (Å²) in [5.41, 5.74) is 6.84. The monoisotopic (exact) mass is 262 g/mol. The molecule has 1 aromatic carbocycles. The zero-order valence-corrected chi connectivity index (χ0v) is 10.4. The lowest BCUT2D eigenvalue weighted by Crippen LogP contribution is -1.98. The van der Waals surface area contributed by atoms with Crippen molar-refractivity contribution >= 4 is 28.1 Å². The zero-order valence-electron chi connectivity index (χ0n) is 10.4. The number of rotatable bonds is 2. The van der Waals surface area contributed by atoms with E-state index in [0.29, 0.717) is 17.3 Å². The summed E-state index contributed by atoms with van der Waals surface area (Å²) in [7, 11) is 0. The van der Waals surface area contributed by atoms with Gasteiger partial charge in [0.05, 0.1) is 12.4 Å². The second-order valence-electron chi connectivity index (χ2n) is 4.16. The highest BCUT2D eigenvalue weighted by atomic mass is 15.1. The molecule has 0 unspecified atom stereocenters. The maximum absolute atomic E-state index is 8.67. The fourth-order valence-corrected chi connectivity index (χ4v) is 1.85. The van der Waals surface area contributed by atoms with E-state index in [9.17, 15) is 0 Å². The zero-order chi connectivity index (χ0) is 13.9. The summed E-state index contributed by atoms with van der Waals surface area (Å²) >= 11 is 0. The van der Waals surface area contributed by atoms with Gasteiger partial charge in [-0.05, 0) is 17.5 Å². The fraction of sp³-hybridized carbons (Fsp3) is 0. The predicted molar refractivity (Wildman–Crippen MR) is 76.2 cm³/mol. The van der Waals surface area contributed by atoms with Crippen LogP contribution in [0.1, 0.15) is 5.69 Å². The number of aromatic nitrogens is 3. The van der Waals surface area contributed by atoms with Crippen LogP contribution in [0.15, 0.2) is 42.9 Å². The molecule has 0 radical (unpaired) electrons. The minimum Gasteiger partial charge on any atom is -0.398 e. The minimum absolute atomic E-state index is 0.273. The first kappa shape index (κ1) is 11.9. The highest BCUT2D eigenvalue weighted by molar-refractivity contribution is 5.93. The van der Waals surface area contributed by atoms with E-state index in [0.717, 1.165) is 10.8 Å². The average molecular weight is 262 g/mol. The van der Waals surface area contributed by atoms with E-state index >= 15 is 0 Å². The van der Waals surface area contributed by atoms with Gasteiger partial charge in [-0.2, -0.15) is 5.26 Å². The van der Waals surface area contributed by atoms with Crippen LogP contribution in [0.4, 0.5) is 17.3 Å². The Kier molecular flexibility index (Phi) is 2.86. The Morgan fingerprint density at radius 1 is 1.05 bits per heavy atom. The summed E-state index contributed by atoms with van der Waals surface area (Å²) in [5, 5.41) is 13.6. The van der Waals surface area contributed by atoms with Gasteiger partial charge < -0.3 is 11.1 Å².